The fourth-order valence-electron chi connectivity index (χ4n) is 1.66. The van der Waals surface area contributed by atoms with Crippen LogP contribution in [-0.4, -0.2) is 34.6 Å². The van der Waals surface area contributed by atoms with E-state index in [-0.39, 0.29) is 5.95 Å². The van der Waals surface area contributed by atoms with Crippen molar-refractivity contribution in [3.63, 3.8) is 0 Å². The summed E-state index contributed by atoms with van der Waals surface area (Å²) in [5, 5.41) is 9.77. The Balaban J connectivity index is 3.13. The Kier molecular flexibility index (Phi) is 5.48. The van der Waals surface area contributed by atoms with E-state index in [1.54, 1.807) is 6.07 Å². The Hall–Kier alpha value is -1.72. The number of hydrogen-bond donors (Lipinski definition) is 2. The van der Waals surface area contributed by atoms with Gasteiger partial charge in [0.05, 0.1) is 0 Å². The van der Waals surface area contributed by atoms with Gasteiger partial charge in [-0.2, -0.15) is 4.98 Å². The molecule has 6 nitrogen and oxygen atoms in total. The minimum Gasteiger partial charge on any atom is -0.423 e. The number of rotatable bonds is 6. The van der Waals surface area contributed by atoms with Gasteiger partial charge < -0.3 is 15.8 Å². The van der Waals surface area contributed by atoms with Crippen molar-refractivity contribution >= 4 is 11.8 Å². The monoisotopic (exact) mass is 253 g/mol. The maximum Gasteiger partial charge on any atom is 0.238 e. The summed E-state index contributed by atoms with van der Waals surface area (Å²) >= 11 is 0. The quantitative estimate of drug-likeness (QED) is 0.590. The van der Waals surface area contributed by atoms with Crippen molar-refractivity contribution in [1.82, 2.24) is 9.71 Å². The number of anilines is 2. The van der Waals surface area contributed by atoms with Gasteiger partial charge >= 0.3 is 0 Å². The molecule has 1 rings (SSSR count). The third-order valence-electron chi connectivity index (χ3n) is 2.79. The molecule has 1 aromatic rings. The number of nitrogens with zero attached hydrogens (tertiary/aromatic N) is 4. The molecule has 0 unspecified atom stereocenters. The lowest BCUT2D eigenvalue weighted by molar-refractivity contribution is 0.175. The van der Waals surface area contributed by atoms with Crippen LogP contribution >= 0.6 is 0 Å². The van der Waals surface area contributed by atoms with Crippen LogP contribution < -0.4 is 16.1 Å². The first-order chi connectivity index (χ1) is 8.63. The molecule has 0 aromatic carbocycles. The minimum absolute atomic E-state index is 0.0645. The summed E-state index contributed by atoms with van der Waals surface area (Å²) in [6, 6.07) is 1.76. The van der Waals surface area contributed by atoms with Gasteiger partial charge in [-0.25, -0.2) is 0 Å². The molecule has 0 bridgehead atoms. The van der Waals surface area contributed by atoms with Gasteiger partial charge in [0.2, 0.25) is 5.95 Å². The van der Waals surface area contributed by atoms with Gasteiger partial charge in [0.15, 0.2) is 5.49 Å². The Morgan fingerprint density at radius 3 is 2.61 bits per heavy atom. The minimum atomic E-state index is 0.0645. The molecule has 0 spiro atoms. The van der Waals surface area contributed by atoms with E-state index in [1.807, 2.05) is 0 Å². The molecule has 0 atom stereocenters. The van der Waals surface area contributed by atoms with Crippen LogP contribution in [0.3, 0.4) is 0 Å². The van der Waals surface area contributed by atoms with Crippen molar-refractivity contribution in [2.75, 3.05) is 30.3 Å². The van der Waals surface area contributed by atoms with E-state index >= 15 is 0 Å². The Bertz CT molecular complexity index is 437. The molecule has 102 valence electrons. The van der Waals surface area contributed by atoms with Gasteiger partial charge in [0.25, 0.3) is 0 Å². The lowest BCUT2D eigenvalue weighted by Gasteiger charge is -2.20. The topological polar surface area (TPSA) is 79.7 Å². The standard InChI is InChI=1S/C12H23N5O/c1-4-7-8-14-10-9-11(16(5-2)6-3)15-12(13)17(10)18/h9,18H,4-8H2,1-3H3,(H2,13,15). The molecular formula is C12H23N5O. The maximum atomic E-state index is 9.77. The van der Waals surface area contributed by atoms with Gasteiger partial charge in [-0.05, 0) is 20.3 Å². The molecule has 0 saturated heterocycles. The maximum absolute atomic E-state index is 9.77. The molecule has 0 amide bonds. The lowest BCUT2D eigenvalue weighted by atomic mass is 10.3. The summed E-state index contributed by atoms with van der Waals surface area (Å²) < 4.78 is 0.836. The van der Waals surface area contributed by atoms with Crippen LogP contribution in [0, 0.1) is 0 Å². The number of nitrogens with two attached hydrogens (primary N) is 1. The SMILES string of the molecule is CCCCN=c1cc(N(CC)CC)nc(N)n1O. The molecule has 1 aromatic heterocycles. The van der Waals surface area contributed by atoms with Crippen LogP contribution in [0.25, 0.3) is 0 Å². The van der Waals surface area contributed by atoms with Gasteiger partial charge in [0, 0.05) is 25.7 Å². The van der Waals surface area contributed by atoms with Crippen molar-refractivity contribution in [3.8, 4) is 0 Å². The number of aromatic nitrogens is 2. The summed E-state index contributed by atoms with van der Waals surface area (Å²) in [7, 11) is 0. The van der Waals surface area contributed by atoms with Crippen molar-refractivity contribution in [1.29, 1.82) is 0 Å². The molecule has 0 aliphatic heterocycles. The highest BCUT2D eigenvalue weighted by atomic mass is 16.5. The fourth-order valence-corrected chi connectivity index (χ4v) is 1.66. The molecule has 0 aliphatic rings. The van der Waals surface area contributed by atoms with Gasteiger partial charge in [-0.3, -0.25) is 4.99 Å². The van der Waals surface area contributed by atoms with Crippen LogP contribution in [0.4, 0.5) is 11.8 Å². The van der Waals surface area contributed by atoms with Crippen LogP contribution in [0.15, 0.2) is 11.1 Å². The zero-order valence-corrected chi connectivity index (χ0v) is 11.4. The largest absolute Gasteiger partial charge is 0.423 e. The summed E-state index contributed by atoms with van der Waals surface area (Å²) in [6.45, 7) is 8.56. The Labute approximate surface area is 108 Å². The second-order valence-electron chi connectivity index (χ2n) is 4.05. The van der Waals surface area contributed by atoms with E-state index in [1.165, 1.54) is 0 Å². The molecule has 0 saturated carbocycles. The van der Waals surface area contributed by atoms with E-state index in [4.69, 9.17) is 5.73 Å². The Morgan fingerprint density at radius 2 is 2.06 bits per heavy atom. The number of nitrogen functional groups attached to an aromatic ring is 1. The van der Waals surface area contributed by atoms with Crippen LogP contribution in [0.5, 0.6) is 0 Å². The van der Waals surface area contributed by atoms with Gasteiger partial charge in [0.1, 0.15) is 5.82 Å². The molecule has 0 radical (unpaired) electrons. The molecule has 0 fully saturated rings. The highest BCUT2D eigenvalue weighted by Gasteiger charge is 2.07. The predicted octanol–water partition coefficient (Wildman–Crippen LogP) is 1.25. The van der Waals surface area contributed by atoms with E-state index < -0.39 is 0 Å². The second-order valence-corrected chi connectivity index (χ2v) is 4.05. The first-order valence-electron chi connectivity index (χ1n) is 6.48. The first-order valence-corrected chi connectivity index (χ1v) is 6.48. The van der Waals surface area contributed by atoms with Crippen LogP contribution in [-0.2, 0) is 0 Å². The van der Waals surface area contributed by atoms with Crippen molar-refractivity contribution in [2.45, 2.75) is 33.6 Å². The zero-order chi connectivity index (χ0) is 13.5. The van der Waals surface area contributed by atoms with Gasteiger partial charge in [-0.1, -0.05) is 13.3 Å². The molecule has 6 heteroatoms. The fraction of sp³-hybridized carbons (Fsp3) is 0.667. The normalized spacial score (nSPS) is 11.8. The summed E-state index contributed by atoms with van der Waals surface area (Å²) in [5.74, 6) is 0.813. The molecule has 3 N–H and O–H groups in total. The number of hydrogen-bond acceptors (Lipinski definition) is 5. The third-order valence-corrected chi connectivity index (χ3v) is 2.79. The second kappa shape index (κ2) is 6.88. The average Bonchev–Trinajstić information content (AvgIpc) is 2.36. The highest BCUT2D eigenvalue weighted by Crippen LogP contribution is 2.08. The summed E-state index contributed by atoms with van der Waals surface area (Å²) in [6.07, 6.45) is 2.06. The average molecular weight is 253 g/mol. The van der Waals surface area contributed by atoms with E-state index in [9.17, 15) is 5.21 Å². The smallest absolute Gasteiger partial charge is 0.238 e. The van der Waals surface area contributed by atoms with E-state index in [0.29, 0.717) is 12.0 Å². The van der Waals surface area contributed by atoms with Crippen molar-refractivity contribution in [2.24, 2.45) is 4.99 Å². The lowest BCUT2D eigenvalue weighted by Crippen LogP contribution is -2.29. The zero-order valence-electron chi connectivity index (χ0n) is 11.4. The highest BCUT2D eigenvalue weighted by molar-refractivity contribution is 5.40. The summed E-state index contributed by atoms with van der Waals surface area (Å²) in [4.78, 5) is 10.6. The van der Waals surface area contributed by atoms with E-state index in [0.717, 1.165) is 36.5 Å². The summed E-state index contributed by atoms with van der Waals surface area (Å²) in [5.41, 5.74) is 6.14. The van der Waals surface area contributed by atoms with Crippen LogP contribution in [0.2, 0.25) is 0 Å². The van der Waals surface area contributed by atoms with Crippen molar-refractivity contribution in [3.05, 3.63) is 11.6 Å². The van der Waals surface area contributed by atoms with Gasteiger partial charge in [-0.15, -0.1) is 4.73 Å². The Morgan fingerprint density at radius 1 is 1.39 bits per heavy atom. The van der Waals surface area contributed by atoms with Crippen LogP contribution in [0.1, 0.15) is 33.6 Å². The molecular weight excluding hydrogens is 230 g/mol. The van der Waals surface area contributed by atoms with Crippen molar-refractivity contribution < 1.29 is 5.21 Å². The number of unbranched alkanes of at least 4 members (excludes halogenated alkanes) is 1. The van der Waals surface area contributed by atoms with E-state index in [2.05, 4.69) is 35.6 Å². The molecule has 0 aliphatic carbocycles. The molecule has 1 heterocycles. The third kappa shape index (κ3) is 3.38. The first kappa shape index (κ1) is 14.3. The molecule has 18 heavy (non-hydrogen) atoms. The predicted molar refractivity (Wildman–Crippen MR) is 72.7 cm³/mol.